The molecule has 23 heteroatoms. The van der Waals surface area contributed by atoms with Crippen LogP contribution in [0.1, 0.15) is 25.7 Å². The van der Waals surface area contributed by atoms with Gasteiger partial charge in [0.05, 0.1) is 19.3 Å². The Hall–Kier alpha value is -5.10. The van der Waals surface area contributed by atoms with Crippen LogP contribution in [0.25, 0.3) is 0 Å². The molecule has 0 aliphatic carbocycles. The topological polar surface area (TPSA) is 393 Å². The number of rotatable bonds is 10. The monoisotopic (exact) mass is 685 g/mol. The van der Waals surface area contributed by atoms with E-state index in [4.69, 9.17) is 22.9 Å². The zero-order valence-electron chi connectivity index (χ0n) is 25.7. The molecule has 2 heterocycles. The van der Waals surface area contributed by atoms with Crippen molar-refractivity contribution in [1.82, 2.24) is 42.5 Å². The van der Waals surface area contributed by atoms with E-state index < -0.39 is 109 Å². The summed E-state index contributed by atoms with van der Waals surface area (Å²) >= 11 is 0. The number of carbonyl (C=O) groups excluding carboxylic acids is 7. The summed E-state index contributed by atoms with van der Waals surface area (Å²) in [6, 6.07) is -9.66. The lowest BCUT2D eigenvalue weighted by Crippen LogP contribution is -2.64. The maximum Gasteiger partial charge on any atom is 0.316 e. The summed E-state index contributed by atoms with van der Waals surface area (Å²) in [4.78, 5) is 94.0. The number of hydrogen-bond donors (Lipinski definition) is 15. The molecule has 268 valence electrons. The van der Waals surface area contributed by atoms with Crippen LogP contribution in [0, 0.1) is 0 Å². The predicted molar refractivity (Wildman–Crippen MR) is 164 cm³/mol. The molecule has 0 radical (unpaired) electrons. The molecule has 1 saturated heterocycles. The third-order valence-electron chi connectivity index (χ3n) is 6.91. The maximum atomic E-state index is 13.6. The van der Waals surface area contributed by atoms with Gasteiger partial charge in [0, 0.05) is 31.6 Å². The molecule has 0 aromatic carbocycles. The highest BCUT2D eigenvalue weighted by atomic mass is 16.3. The number of aliphatic imine (C=N–C) groups is 1. The third kappa shape index (κ3) is 12.3. The minimum atomic E-state index is -1.78. The Morgan fingerprint density at radius 2 is 1.62 bits per heavy atom. The van der Waals surface area contributed by atoms with Crippen LogP contribution in [0.5, 0.6) is 0 Å². The zero-order chi connectivity index (χ0) is 36.0. The lowest BCUT2D eigenvalue weighted by molar-refractivity contribution is -0.135. The number of nitrogens with one attached hydrogen (secondary N) is 8. The summed E-state index contributed by atoms with van der Waals surface area (Å²) < 4.78 is 0. The number of primary amides is 1. The van der Waals surface area contributed by atoms with E-state index in [1.165, 1.54) is 0 Å². The number of nitrogens with zero attached hydrogens (tertiary/aromatic N) is 1. The normalized spacial score (nSPS) is 27.6. The molecular formula is C25H43N13O10. The molecule has 0 bridgehead atoms. The van der Waals surface area contributed by atoms with Crippen LogP contribution in [-0.4, -0.2) is 132 Å². The van der Waals surface area contributed by atoms with Crippen LogP contribution in [0.4, 0.5) is 4.79 Å². The maximum absolute atomic E-state index is 13.6. The smallest absolute Gasteiger partial charge is 0.316 e. The Bertz CT molecular complexity index is 1280. The van der Waals surface area contributed by atoms with E-state index in [0.717, 1.165) is 0 Å². The lowest BCUT2D eigenvalue weighted by atomic mass is 10.0. The molecule has 19 N–H and O–H groups in total. The van der Waals surface area contributed by atoms with Crippen LogP contribution in [0.3, 0.4) is 0 Å². The van der Waals surface area contributed by atoms with Gasteiger partial charge in [0.1, 0.15) is 29.9 Å². The molecule has 2 rings (SSSR count). The molecule has 0 saturated carbocycles. The highest BCUT2D eigenvalue weighted by Crippen LogP contribution is 2.11. The molecule has 0 spiro atoms. The fourth-order valence-electron chi connectivity index (χ4n) is 4.46. The number of urea groups is 1. The summed E-state index contributed by atoms with van der Waals surface area (Å²) in [5, 5.41) is 47.9. The first-order chi connectivity index (χ1) is 22.7. The van der Waals surface area contributed by atoms with Gasteiger partial charge in [-0.1, -0.05) is 0 Å². The second-order valence-corrected chi connectivity index (χ2v) is 10.7. The molecule has 0 aromatic rings. The second kappa shape index (κ2) is 18.9. The van der Waals surface area contributed by atoms with Crippen LogP contribution in [-0.2, 0) is 28.8 Å². The highest BCUT2D eigenvalue weighted by Gasteiger charge is 2.37. The summed E-state index contributed by atoms with van der Waals surface area (Å²) in [5.41, 5.74) is 21.5. The van der Waals surface area contributed by atoms with Gasteiger partial charge >= 0.3 is 6.03 Å². The van der Waals surface area contributed by atoms with E-state index in [0.29, 0.717) is 25.6 Å². The van der Waals surface area contributed by atoms with Crippen LogP contribution < -0.4 is 65.5 Å². The zero-order valence-corrected chi connectivity index (χ0v) is 25.7. The van der Waals surface area contributed by atoms with Gasteiger partial charge in [-0.3, -0.25) is 28.8 Å². The van der Waals surface area contributed by atoms with Crippen molar-refractivity contribution in [3.8, 4) is 0 Å². The predicted octanol–water partition coefficient (Wildman–Crippen LogP) is -8.88. The van der Waals surface area contributed by atoms with Gasteiger partial charge in [0.2, 0.25) is 29.5 Å². The molecule has 1 fully saturated rings. The van der Waals surface area contributed by atoms with Crippen molar-refractivity contribution in [2.75, 3.05) is 26.3 Å². The van der Waals surface area contributed by atoms with Gasteiger partial charge in [0.15, 0.2) is 12.2 Å². The average Bonchev–Trinajstić information content (AvgIpc) is 3.02. The lowest BCUT2D eigenvalue weighted by Gasteiger charge is -2.33. The second-order valence-electron chi connectivity index (χ2n) is 10.7. The molecule has 7 atom stereocenters. The fraction of sp³-hybridized carbons (Fsp3) is 0.600. The molecule has 5 unspecified atom stereocenters. The van der Waals surface area contributed by atoms with Crippen molar-refractivity contribution in [1.29, 1.82) is 0 Å². The first kappa shape index (κ1) is 39.1. The molecule has 48 heavy (non-hydrogen) atoms. The minimum absolute atomic E-state index is 0.245. The summed E-state index contributed by atoms with van der Waals surface area (Å²) in [6.07, 6.45) is -0.339. The van der Waals surface area contributed by atoms with Crippen molar-refractivity contribution in [2.24, 2.45) is 27.9 Å². The number of hydrogen-bond acceptors (Lipinski definition) is 15. The van der Waals surface area contributed by atoms with Crippen molar-refractivity contribution in [2.45, 2.75) is 68.2 Å². The quantitative estimate of drug-likeness (QED) is 0.0950. The minimum Gasteiger partial charge on any atom is -0.394 e. The number of carbonyl (C=O) groups is 7. The van der Waals surface area contributed by atoms with Crippen molar-refractivity contribution < 1.29 is 48.9 Å². The molecule has 0 aromatic heterocycles. The molecule has 23 nitrogen and oxygen atoms in total. The van der Waals surface area contributed by atoms with E-state index in [9.17, 15) is 48.9 Å². The van der Waals surface area contributed by atoms with Crippen molar-refractivity contribution in [3.63, 3.8) is 0 Å². The van der Waals surface area contributed by atoms with E-state index in [1.54, 1.807) is 0 Å². The van der Waals surface area contributed by atoms with Gasteiger partial charge in [-0.2, -0.15) is 0 Å². The number of nitrogens with two attached hydrogens (primary N) is 4. The van der Waals surface area contributed by atoms with E-state index in [2.05, 4.69) is 42.2 Å². The first-order valence-corrected chi connectivity index (χ1v) is 14.7. The molecule has 8 amide bonds. The number of amides is 8. The average molecular weight is 686 g/mol. The fourth-order valence-corrected chi connectivity index (χ4v) is 4.46. The Morgan fingerprint density at radius 1 is 0.979 bits per heavy atom. The van der Waals surface area contributed by atoms with Gasteiger partial charge in [0.25, 0.3) is 5.91 Å². The Labute approximate surface area is 273 Å². The summed E-state index contributed by atoms with van der Waals surface area (Å²) in [7, 11) is 0. The van der Waals surface area contributed by atoms with Crippen LogP contribution in [0.15, 0.2) is 16.9 Å². The van der Waals surface area contributed by atoms with E-state index >= 15 is 0 Å². The molecule has 2 aliphatic heterocycles. The summed E-state index contributed by atoms with van der Waals surface area (Å²) in [6.45, 7) is -2.36. The highest BCUT2D eigenvalue weighted by molar-refractivity contribution is 6.02. The number of aliphatic hydroxyl groups is 3. The Kier molecular flexibility index (Phi) is 15.4. The molecular weight excluding hydrogens is 642 g/mol. The van der Waals surface area contributed by atoms with E-state index in [1.807, 2.05) is 5.32 Å². The Balaban J connectivity index is 2.54. The van der Waals surface area contributed by atoms with Crippen LogP contribution in [0.2, 0.25) is 0 Å². The summed E-state index contributed by atoms with van der Waals surface area (Å²) in [5.74, 6) is -6.65. The number of guanidine groups is 1. The van der Waals surface area contributed by atoms with Gasteiger partial charge in [-0.05, 0) is 19.4 Å². The Morgan fingerprint density at radius 3 is 2.23 bits per heavy atom. The number of aliphatic hydroxyl groups excluding tert-OH is 3. The standard InChI is InChI=1S/C25H43N13O10/c26-3-1-2-10(27)4-16(41)32-12-6-30-23(47)18(11-5-17(42)37-24(28)36-11)38-20(44)13(7-31-25(29)48)33-21(45)14(8-39)35-22(46)15(9-40)34-19(12)43/h7,10-12,14-15,17-18,39-40,42H,1-6,8-9,26-27H2,(H,30,47)(H,32,41)(H,33,45)(H,34,43)(H,35,46)(H,38,44)(H3,28,36,37)(H3,29,31,48)/b13-7-/t10?,11-,12?,14?,15?,17+,18?/m1/s1. The van der Waals surface area contributed by atoms with Crippen molar-refractivity contribution in [3.05, 3.63) is 11.9 Å². The van der Waals surface area contributed by atoms with Crippen molar-refractivity contribution >= 4 is 47.4 Å². The first-order valence-electron chi connectivity index (χ1n) is 14.7. The van der Waals surface area contributed by atoms with E-state index in [-0.39, 0.29) is 18.8 Å². The van der Waals surface area contributed by atoms with Gasteiger partial charge in [-0.15, -0.1) is 0 Å². The van der Waals surface area contributed by atoms with Gasteiger partial charge < -0.3 is 80.8 Å². The third-order valence-corrected chi connectivity index (χ3v) is 6.91. The van der Waals surface area contributed by atoms with Gasteiger partial charge in [-0.25, -0.2) is 9.79 Å². The molecule has 2 aliphatic rings. The largest absolute Gasteiger partial charge is 0.394 e. The SMILES string of the molecule is NCCCC(N)CC(=O)NC1CNC(=O)C([C@H]2C[C@H](O)N=C(N)N2)NC(=O)/C(=C/NC(N)=O)NC(=O)C(CO)NC(=O)C(CO)NC1=O. The van der Waals surface area contributed by atoms with Crippen LogP contribution >= 0.6 is 0 Å².